The summed E-state index contributed by atoms with van der Waals surface area (Å²) in [7, 11) is -3.55. The highest BCUT2D eigenvalue weighted by Crippen LogP contribution is 2.23. The molecule has 2 aromatic heterocycles. The molecule has 1 saturated carbocycles. The molecule has 1 aliphatic carbocycles. The molecule has 180 valence electrons. The van der Waals surface area contributed by atoms with E-state index in [1.807, 2.05) is 13.8 Å². The third kappa shape index (κ3) is 4.80. The van der Waals surface area contributed by atoms with Crippen LogP contribution in [0.15, 0.2) is 44.8 Å². The number of sulfonamides is 1. The van der Waals surface area contributed by atoms with Crippen molar-refractivity contribution in [3.63, 3.8) is 0 Å². The van der Waals surface area contributed by atoms with Crippen LogP contribution >= 0.6 is 0 Å². The Labute approximate surface area is 196 Å². The van der Waals surface area contributed by atoms with Gasteiger partial charge in [-0.25, -0.2) is 22.9 Å². The van der Waals surface area contributed by atoms with Crippen molar-refractivity contribution in [3.8, 4) is 0 Å². The fraction of sp³-hybridized carbons (Fsp3) is 0.391. The van der Waals surface area contributed by atoms with E-state index in [2.05, 4.69) is 20.0 Å². The topological polar surface area (TPSA) is 143 Å². The highest BCUT2D eigenvalue weighted by molar-refractivity contribution is 7.89. The molecule has 1 aromatic carbocycles. The van der Waals surface area contributed by atoms with E-state index >= 15 is 0 Å². The Kier molecular flexibility index (Phi) is 6.41. The third-order valence-corrected chi connectivity index (χ3v) is 7.24. The van der Waals surface area contributed by atoms with E-state index in [0.29, 0.717) is 11.3 Å². The highest BCUT2D eigenvalue weighted by Gasteiger charge is 2.28. The summed E-state index contributed by atoms with van der Waals surface area (Å²) in [6.45, 7) is 5.98. The van der Waals surface area contributed by atoms with Crippen LogP contribution < -0.4 is 21.3 Å². The second kappa shape index (κ2) is 9.15. The van der Waals surface area contributed by atoms with E-state index in [1.54, 1.807) is 25.1 Å². The fourth-order valence-electron chi connectivity index (χ4n) is 3.61. The smallest absolute Gasteiger partial charge is 0.329 e. The lowest BCUT2D eigenvalue weighted by molar-refractivity contribution is 0.0952. The first-order chi connectivity index (χ1) is 16.1. The minimum Gasteiger partial charge on any atom is -0.348 e. The molecule has 0 aliphatic heterocycles. The number of H-pyrrole nitrogens is 1. The van der Waals surface area contributed by atoms with Crippen molar-refractivity contribution in [1.82, 2.24) is 24.6 Å². The number of aromatic amines is 1. The molecule has 3 aromatic rings. The molecule has 0 atom stereocenters. The molecular weight excluding hydrogens is 458 g/mol. The van der Waals surface area contributed by atoms with Gasteiger partial charge >= 0.3 is 5.69 Å². The lowest BCUT2D eigenvalue weighted by atomic mass is 10.0. The molecule has 1 fully saturated rings. The second-order valence-corrected chi connectivity index (χ2v) is 10.4. The average Bonchev–Trinajstić information content (AvgIpc) is 3.60. The van der Waals surface area contributed by atoms with Gasteiger partial charge in [0.05, 0.1) is 15.8 Å². The number of hydrogen-bond acceptors (Lipinski definition) is 6. The van der Waals surface area contributed by atoms with Crippen molar-refractivity contribution in [2.45, 2.75) is 63.6 Å². The van der Waals surface area contributed by atoms with Crippen LogP contribution in [0.2, 0.25) is 0 Å². The van der Waals surface area contributed by atoms with Crippen LogP contribution in [0.4, 0.5) is 0 Å². The van der Waals surface area contributed by atoms with Crippen molar-refractivity contribution in [2.75, 3.05) is 0 Å². The van der Waals surface area contributed by atoms with Crippen LogP contribution in [0.5, 0.6) is 0 Å². The van der Waals surface area contributed by atoms with E-state index in [1.165, 1.54) is 16.7 Å². The van der Waals surface area contributed by atoms with Crippen molar-refractivity contribution < 1.29 is 13.2 Å². The summed E-state index contributed by atoms with van der Waals surface area (Å²) in [4.78, 5) is 44.9. The number of amides is 1. The van der Waals surface area contributed by atoms with Gasteiger partial charge in [0.1, 0.15) is 0 Å². The summed E-state index contributed by atoms with van der Waals surface area (Å²) in [5.41, 5.74) is 0.333. The van der Waals surface area contributed by atoms with Gasteiger partial charge in [0.15, 0.2) is 5.65 Å². The van der Waals surface area contributed by atoms with Gasteiger partial charge in [0, 0.05) is 24.8 Å². The molecule has 3 N–H and O–H groups in total. The van der Waals surface area contributed by atoms with Crippen LogP contribution in [-0.2, 0) is 23.1 Å². The second-order valence-electron chi connectivity index (χ2n) is 8.67. The van der Waals surface area contributed by atoms with E-state index in [-0.39, 0.29) is 46.5 Å². The van der Waals surface area contributed by atoms with Gasteiger partial charge in [-0.2, -0.15) is 0 Å². The first kappa shape index (κ1) is 23.8. The SMILES string of the molecule is CCn1c(=O)[nH]c(=O)c2c(C(=O)NCc3ccc(S(=O)(=O)NC4CC4)cc3)cc(C(C)C)nc21. The number of fused-ring (bicyclic) bond motifs is 1. The molecule has 0 saturated heterocycles. The largest absolute Gasteiger partial charge is 0.348 e. The Morgan fingerprint density at radius 1 is 1.21 bits per heavy atom. The lowest BCUT2D eigenvalue weighted by Crippen LogP contribution is -2.33. The third-order valence-electron chi connectivity index (χ3n) is 5.71. The Bertz CT molecular complexity index is 1470. The summed E-state index contributed by atoms with van der Waals surface area (Å²) >= 11 is 0. The number of rotatable bonds is 8. The molecule has 2 heterocycles. The first-order valence-electron chi connectivity index (χ1n) is 11.2. The Hall–Kier alpha value is -3.31. The maximum Gasteiger partial charge on any atom is 0.329 e. The minimum absolute atomic E-state index is 0.0158. The molecule has 4 rings (SSSR count). The van der Waals surface area contributed by atoms with E-state index < -0.39 is 27.2 Å². The zero-order valence-corrected chi connectivity index (χ0v) is 20.0. The highest BCUT2D eigenvalue weighted by atomic mass is 32.2. The van der Waals surface area contributed by atoms with Gasteiger partial charge in [0.25, 0.3) is 11.5 Å². The number of hydrogen-bond donors (Lipinski definition) is 3. The number of aromatic nitrogens is 3. The van der Waals surface area contributed by atoms with Crippen molar-refractivity contribution in [2.24, 2.45) is 0 Å². The molecule has 11 heteroatoms. The summed E-state index contributed by atoms with van der Waals surface area (Å²) in [5.74, 6) is -0.525. The summed E-state index contributed by atoms with van der Waals surface area (Å²) in [6.07, 6.45) is 1.70. The molecule has 1 aliphatic rings. The van der Waals surface area contributed by atoms with Crippen LogP contribution in [0, 0.1) is 0 Å². The number of nitrogens with one attached hydrogen (secondary N) is 3. The normalized spacial score (nSPS) is 14.0. The predicted octanol–water partition coefficient (Wildman–Crippen LogP) is 1.60. The van der Waals surface area contributed by atoms with Crippen LogP contribution in [0.1, 0.15) is 61.1 Å². The molecule has 1 amide bonds. The van der Waals surface area contributed by atoms with Gasteiger partial charge in [-0.1, -0.05) is 26.0 Å². The van der Waals surface area contributed by atoms with E-state index in [0.717, 1.165) is 12.8 Å². The van der Waals surface area contributed by atoms with E-state index in [4.69, 9.17) is 0 Å². The maximum atomic E-state index is 13.1. The molecule has 10 nitrogen and oxygen atoms in total. The van der Waals surface area contributed by atoms with Crippen molar-refractivity contribution in [3.05, 3.63) is 68.0 Å². The number of benzene rings is 1. The fourth-order valence-corrected chi connectivity index (χ4v) is 4.92. The Morgan fingerprint density at radius 3 is 2.47 bits per heavy atom. The lowest BCUT2D eigenvalue weighted by Gasteiger charge is -2.14. The van der Waals surface area contributed by atoms with Gasteiger partial charge < -0.3 is 5.32 Å². The van der Waals surface area contributed by atoms with Crippen molar-refractivity contribution in [1.29, 1.82) is 0 Å². The zero-order chi connectivity index (χ0) is 24.6. The molecule has 0 bridgehead atoms. The molecule has 34 heavy (non-hydrogen) atoms. The first-order valence-corrected chi connectivity index (χ1v) is 12.7. The summed E-state index contributed by atoms with van der Waals surface area (Å²) < 4.78 is 28.6. The molecule has 0 unspecified atom stereocenters. The predicted molar refractivity (Wildman–Crippen MR) is 127 cm³/mol. The number of carbonyl (C=O) groups excluding carboxylic acids is 1. The summed E-state index contributed by atoms with van der Waals surface area (Å²) in [5, 5.41) is 2.83. The quantitative estimate of drug-likeness (QED) is 0.442. The number of carbonyl (C=O) groups is 1. The van der Waals surface area contributed by atoms with Gasteiger partial charge in [-0.05, 0) is 49.4 Å². The minimum atomic E-state index is -3.55. The zero-order valence-electron chi connectivity index (χ0n) is 19.2. The monoisotopic (exact) mass is 485 g/mol. The number of pyridine rings is 1. The number of nitrogens with zero attached hydrogens (tertiary/aromatic N) is 2. The average molecular weight is 486 g/mol. The number of aryl methyl sites for hydroxylation is 1. The van der Waals surface area contributed by atoms with Gasteiger partial charge in [-0.15, -0.1) is 0 Å². The van der Waals surface area contributed by atoms with E-state index in [9.17, 15) is 22.8 Å². The van der Waals surface area contributed by atoms with Crippen LogP contribution in [0.25, 0.3) is 11.0 Å². The van der Waals surface area contributed by atoms with Gasteiger partial charge in [0.2, 0.25) is 10.0 Å². The Balaban J connectivity index is 1.62. The van der Waals surface area contributed by atoms with Crippen LogP contribution in [0.3, 0.4) is 0 Å². The molecule has 0 radical (unpaired) electrons. The van der Waals surface area contributed by atoms with Crippen molar-refractivity contribution >= 4 is 27.0 Å². The Morgan fingerprint density at radius 2 is 1.88 bits per heavy atom. The standard InChI is InChI=1S/C23H27N5O5S/c1-4-28-20-19(22(30)26-23(28)31)17(11-18(25-20)13(2)3)21(29)24-12-14-5-9-16(10-6-14)34(32,33)27-15-7-8-15/h5-6,9-11,13,15,27H,4,7-8,12H2,1-3H3,(H,24,29)(H,26,30,31). The van der Waals surface area contributed by atoms with Gasteiger partial charge in [-0.3, -0.25) is 19.1 Å². The summed E-state index contributed by atoms with van der Waals surface area (Å²) in [6, 6.07) is 7.84. The van der Waals surface area contributed by atoms with Crippen LogP contribution in [-0.4, -0.2) is 34.9 Å². The molecule has 0 spiro atoms. The maximum absolute atomic E-state index is 13.1. The molecular formula is C23H27N5O5S.